The van der Waals surface area contributed by atoms with Gasteiger partial charge in [0.1, 0.15) is 0 Å². The SMILES string of the molecule is CC1(C(=O)NC(C)(C)C(C)(C)C(=O)O)COCC1N. The summed E-state index contributed by atoms with van der Waals surface area (Å²) < 4.78 is 5.24. The van der Waals surface area contributed by atoms with Crippen LogP contribution in [0.5, 0.6) is 0 Å². The molecule has 1 amide bonds. The minimum atomic E-state index is -1.09. The van der Waals surface area contributed by atoms with E-state index in [2.05, 4.69) is 5.32 Å². The van der Waals surface area contributed by atoms with E-state index in [1.807, 2.05) is 0 Å². The Hall–Kier alpha value is -1.14. The van der Waals surface area contributed by atoms with Gasteiger partial charge in [-0.25, -0.2) is 0 Å². The number of carbonyl (C=O) groups excluding carboxylic acids is 1. The number of aliphatic carboxylic acids is 1. The molecule has 0 aliphatic carbocycles. The van der Waals surface area contributed by atoms with Crippen molar-refractivity contribution in [3.63, 3.8) is 0 Å². The van der Waals surface area contributed by atoms with Gasteiger partial charge in [0.15, 0.2) is 0 Å². The smallest absolute Gasteiger partial charge is 0.311 e. The number of hydrogen-bond donors (Lipinski definition) is 3. The van der Waals surface area contributed by atoms with Gasteiger partial charge in [0.2, 0.25) is 5.91 Å². The summed E-state index contributed by atoms with van der Waals surface area (Å²) in [7, 11) is 0. The van der Waals surface area contributed by atoms with E-state index in [1.54, 1.807) is 34.6 Å². The second-order valence-corrected chi connectivity index (χ2v) is 6.55. The highest BCUT2D eigenvalue weighted by atomic mass is 16.5. The Kier molecular flexibility index (Phi) is 3.98. The van der Waals surface area contributed by atoms with Crippen molar-refractivity contribution in [3.8, 4) is 0 Å². The van der Waals surface area contributed by atoms with Crippen molar-refractivity contribution in [1.29, 1.82) is 0 Å². The van der Waals surface area contributed by atoms with E-state index < -0.39 is 22.3 Å². The van der Waals surface area contributed by atoms with Crippen molar-refractivity contribution in [2.45, 2.75) is 46.2 Å². The van der Waals surface area contributed by atoms with Crippen molar-refractivity contribution >= 4 is 11.9 Å². The highest BCUT2D eigenvalue weighted by molar-refractivity contribution is 5.85. The minimum absolute atomic E-state index is 0.254. The molecule has 0 aromatic rings. The van der Waals surface area contributed by atoms with E-state index in [1.165, 1.54) is 0 Å². The van der Waals surface area contributed by atoms with Gasteiger partial charge in [0, 0.05) is 11.6 Å². The van der Waals surface area contributed by atoms with Crippen LogP contribution in [0.2, 0.25) is 0 Å². The van der Waals surface area contributed by atoms with Gasteiger partial charge in [-0.3, -0.25) is 9.59 Å². The van der Waals surface area contributed by atoms with Crippen LogP contribution in [-0.2, 0) is 14.3 Å². The van der Waals surface area contributed by atoms with E-state index >= 15 is 0 Å². The molecule has 1 saturated heterocycles. The van der Waals surface area contributed by atoms with E-state index in [-0.39, 0.29) is 18.6 Å². The Morgan fingerprint density at radius 1 is 1.37 bits per heavy atom. The fourth-order valence-electron chi connectivity index (χ4n) is 1.77. The van der Waals surface area contributed by atoms with Crippen LogP contribution in [0.25, 0.3) is 0 Å². The summed E-state index contributed by atoms with van der Waals surface area (Å²) in [5, 5.41) is 12.1. The summed E-state index contributed by atoms with van der Waals surface area (Å²) in [5.41, 5.74) is 3.09. The molecule has 2 atom stereocenters. The molecule has 19 heavy (non-hydrogen) atoms. The van der Waals surface area contributed by atoms with Gasteiger partial charge in [-0.05, 0) is 34.6 Å². The molecular weight excluding hydrogens is 248 g/mol. The minimum Gasteiger partial charge on any atom is -0.481 e. The Morgan fingerprint density at radius 2 is 1.89 bits per heavy atom. The second kappa shape index (κ2) is 4.76. The first-order valence-electron chi connectivity index (χ1n) is 6.34. The van der Waals surface area contributed by atoms with Gasteiger partial charge >= 0.3 is 5.97 Å². The van der Waals surface area contributed by atoms with Crippen molar-refractivity contribution < 1.29 is 19.4 Å². The number of carbonyl (C=O) groups is 2. The van der Waals surface area contributed by atoms with Crippen LogP contribution >= 0.6 is 0 Å². The number of hydrogen-bond acceptors (Lipinski definition) is 4. The predicted molar refractivity (Wildman–Crippen MR) is 70.5 cm³/mol. The second-order valence-electron chi connectivity index (χ2n) is 6.55. The zero-order valence-electron chi connectivity index (χ0n) is 12.2. The molecule has 1 fully saturated rings. The predicted octanol–water partition coefficient (Wildman–Crippen LogP) is 0.356. The molecule has 0 bridgehead atoms. The van der Waals surface area contributed by atoms with Crippen molar-refractivity contribution in [2.24, 2.45) is 16.6 Å². The first-order valence-corrected chi connectivity index (χ1v) is 6.34. The lowest BCUT2D eigenvalue weighted by atomic mass is 9.73. The van der Waals surface area contributed by atoms with Crippen LogP contribution in [0.3, 0.4) is 0 Å². The molecule has 0 spiro atoms. The van der Waals surface area contributed by atoms with Gasteiger partial charge in [0.05, 0.1) is 24.0 Å². The maximum atomic E-state index is 12.4. The number of nitrogens with two attached hydrogens (primary N) is 1. The Morgan fingerprint density at radius 3 is 2.26 bits per heavy atom. The molecule has 1 aliphatic heterocycles. The molecule has 1 rings (SSSR count). The summed E-state index contributed by atoms with van der Waals surface area (Å²) in [6, 6.07) is -0.378. The van der Waals surface area contributed by atoms with Crippen LogP contribution in [0, 0.1) is 10.8 Å². The molecule has 1 heterocycles. The van der Waals surface area contributed by atoms with E-state index in [0.717, 1.165) is 0 Å². The maximum Gasteiger partial charge on any atom is 0.311 e. The molecule has 4 N–H and O–H groups in total. The largest absolute Gasteiger partial charge is 0.481 e. The molecule has 6 nitrogen and oxygen atoms in total. The average molecular weight is 272 g/mol. The summed E-state index contributed by atoms with van der Waals surface area (Å²) in [6.07, 6.45) is 0. The summed E-state index contributed by atoms with van der Waals surface area (Å²) in [4.78, 5) is 23.7. The maximum absolute atomic E-state index is 12.4. The highest BCUT2D eigenvalue weighted by Crippen LogP contribution is 2.34. The zero-order chi connectivity index (χ0) is 15.1. The fourth-order valence-corrected chi connectivity index (χ4v) is 1.77. The van der Waals surface area contributed by atoms with Crippen LogP contribution in [0.4, 0.5) is 0 Å². The highest BCUT2D eigenvalue weighted by Gasteiger charge is 2.50. The molecule has 0 aromatic heterocycles. The monoisotopic (exact) mass is 272 g/mol. The standard InChI is InChI=1S/C13H24N2O4/c1-11(2,10(17)18)12(3,4)15-9(16)13(5)7-19-6-8(13)14/h8H,6-7,14H2,1-5H3,(H,15,16)(H,17,18). The third-order valence-electron chi connectivity index (χ3n) is 4.56. The first kappa shape index (κ1) is 15.9. The molecule has 6 heteroatoms. The summed E-state index contributed by atoms with van der Waals surface area (Å²) in [6.45, 7) is 8.90. The molecule has 2 unspecified atom stereocenters. The number of ether oxygens (including phenoxy) is 1. The van der Waals surface area contributed by atoms with Crippen LogP contribution in [0.15, 0.2) is 0 Å². The Labute approximate surface area is 113 Å². The Balaban J connectivity index is 2.90. The lowest BCUT2D eigenvalue weighted by Gasteiger charge is -2.41. The van der Waals surface area contributed by atoms with Gasteiger partial charge in [-0.1, -0.05) is 0 Å². The lowest BCUT2D eigenvalue weighted by molar-refractivity contribution is -0.152. The molecule has 110 valence electrons. The van der Waals surface area contributed by atoms with Crippen LogP contribution in [0.1, 0.15) is 34.6 Å². The number of carboxylic acids is 1. The van der Waals surface area contributed by atoms with Gasteiger partial charge in [-0.2, -0.15) is 0 Å². The van der Waals surface area contributed by atoms with Gasteiger partial charge in [-0.15, -0.1) is 0 Å². The topological polar surface area (TPSA) is 102 Å². The fraction of sp³-hybridized carbons (Fsp3) is 0.846. The average Bonchev–Trinajstić information content (AvgIpc) is 2.59. The molecule has 0 aromatic carbocycles. The van der Waals surface area contributed by atoms with E-state index in [4.69, 9.17) is 10.5 Å². The molecule has 0 radical (unpaired) electrons. The summed E-state index contributed by atoms with van der Waals surface area (Å²) >= 11 is 0. The van der Waals surface area contributed by atoms with E-state index in [0.29, 0.717) is 6.61 Å². The number of nitrogens with one attached hydrogen (secondary N) is 1. The third kappa shape index (κ3) is 2.60. The Bertz CT molecular complexity index is 392. The normalized spacial score (nSPS) is 28.2. The third-order valence-corrected chi connectivity index (χ3v) is 4.56. The van der Waals surface area contributed by atoms with Crippen molar-refractivity contribution in [2.75, 3.05) is 13.2 Å². The summed E-state index contributed by atoms with van der Waals surface area (Å²) in [5.74, 6) is -1.23. The van der Waals surface area contributed by atoms with Gasteiger partial charge < -0.3 is 20.9 Å². The zero-order valence-corrected chi connectivity index (χ0v) is 12.2. The van der Waals surface area contributed by atoms with E-state index in [9.17, 15) is 14.7 Å². The quantitative estimate of drug-likeness (QED) is 0.685. The first-order chi connectivity index (χ1) is 8.45. The van der Waals surface area contributed by atoms with Crippen LogP contribution in [-0.4, -0.2) is 41.8 Å². The number of carboxylic acid groups (broad SMARTS) is 1. The van der Waals surface area contributed by atoms with Crippen LogP contribution < -0.4 is 11.1 Å². The lowest BCUT2D eigenvalue weighted by Crippen LogP contribution is -2.61. The van der Waals surface area contributed by atoms with Gasteiger partial charge in [0.25, 0.3) is 0 Å². The van der Waals surface area contributed by atoms with Crippen molar-refractivity contribution in [1.82, 2.24) is 5.32 Å². The molecule has 0 saturated carbocycles. The number of rotatable bonds is 4. The van der Waals surface area contributed by atoms with Crippen molar-refractivity contribution in [3.05, 3.63) is 0 Å². The molecular formula is C13H24N2O4. The molecule has 1 aliphatic rings. The number of amides is 1.